The molecule has 2 rings (SSSR count). The number of nitrogens with two attached hydrogens (primary N) is 1. The summed E-state index contributed by atoms with van der Waals surface area (Å²) in [6, 6.07) is 6.98. The molecule has 0 fully saturated rings. The molecular weight excluding hydrogens is 399 g/mol. The largest absolute Gasteiger partial charge is 0.399 e. The van der Waals surface area contributed by atoms with Gasteiger partial charge < -0.3 is 5.73 Å². The fourth-order valence-electron chi connectivity index (χ4n) is 1.84. The first-order valence-electron chi connectivity index (χ1n) is 6.99. The second kappa shape index (κ2) is 8.09. The average molecular weight is 413 g/mol. The lowest BCUT2D eigenvalue weighted by Crippen LogP contribution is -2.08. The molecule has 4 nitrogen and oxygen atoms in total. The van der Waals surface area contributed by atoms with Gasteiger partial charge in [-0.05, 0) is 24.3 Å². The number of halogens is 6. The molecule has 0 aliphatic heterocycles. The van der Waals surface area contributed by atoms with Crippen LogP contribution in [0.1, 0.15) is 25.0 Å². The van der Waals surface area contributed by atoms with E-state index in [0.717, 1.165) is 25.1 Å². The van der Waals surface area contributed by atoms with Crippen LogP contribution < -0.4 is 5.73 Å². The van der Waals surface area contributed by atoms with Crippen LogP contribution in [0.2, 0.25) is 10.0 Å². The van der Waals surface area contributed by atoms with Gasteiger partial charge in [-0.25, -0.2) is 17.6 Å². The van der Waals surface area contributed by atoms with Crippen molar-refractivity contribution in [2.75, 3.05) is 5.73 Å². The van der Waals surface area contributed by atoms with Crippen LogP contribution in [-0.4, -0.2) is 4.92 Å². The van der Waals surface area contributed by atoms with E-state index in [9.17, 15) is 27.7 Å². The van der Waals surface area contributed by atoms with Crippen LogP contribution in [0, 0.1) is 10.1 Å². The van der Waals surface area contributed by atoms with Crippen LogP contribution in [0.4, 0.5) is 28.9 Å². The highest BCUT2D eigenvalue weighted by atomic mass is 35.5. The Morgan fingerprint density at radius 3 is 1.73 bits per heavy atom. The summed E-state index contributed by atoms with van der Waals surface area (Å²) in [6.07, 6.45) is 0. The quantitative estimate of drug-likeness (QED) is 0.274. The fourth-order valence-corrected chi connectivity index (χ4v) is 2.41. The Morgan fingerprint density at radius 2 is 1.35 bits per heavy atom. The number of non-ortho nitro benzene ring substituents is 1. The van der Waals surface area contributed by atoms with Gasteiger partial charge >= 0.3 is 0 Å². The highest BCUT2D eigenvalue weighted by Gasteiger charge is 2.29. The number of alkyl halides is 4. The van der Waals surface area contributed by atoms with E-state index < -0.39 is 28.0 Å². The Morgan fingerprint density at radius 1 is 0.923 bits per heavy atom. The molecule has 142 valence electrons. The van der Waals surface area contributed by atoms with Gasteiger partial charge in [-0.2, -0.15) is 0 Å². The SMILES string of the molecule is CC(F)(F)c1cc(N)ccc1Cl.CC(F)(F)c1cc([N+](=O)[O-])ccc1Cl. The molecule has 0 bridgehead atoms. The van der Waals surface area contributed by atoms with E-state index in [4.69, 9.17) is 28.9 Å². The third kappa shape index (κ3) is 6.03. The number of nitro benzene ring substituents is 1. The average Bonchev–Trinajstić information content (AvgIpc) is 2.48. The molecule has 0 radical (unpaired) electrons. The van der Waals surface area contributed by atoms with E-state index >= 15 is 0 Å². The number of nitrogen functional groups attached to an aromatic ring is 1. The maximum Gasteiger partial charge on any atom is 0.272 e. The lowest BCUT2D eigenvalue weighted by molar-refractivity contribution is -0.385. The van der Waals surface area contributed by atoms with E-state index in [2.05, 4.69) is 0 Å². The standard InChI is InChI=1S/C8H6ClF2NO2.C8H8ClF2N/c1-8(10,11)6-4-5(12(13)14)2-3-7(6)9;1-8(10,11)6-4-5(12)2-3-7(6)9/h2-4H,1H3;2-4H,12H2,1H3. The maximum absolute atomic E-state index is 12.9. The number of hydrogen-bond donors (Lipinski definition) is 1. The molecule has 0 atom stereocenters. The molecule has 0 saturated heterocycles. The van der Waals surface area contributed by atoms with Gasteiger partial charge in [0.05, 0.1) is 9.95 Å². The van der Waals surface area contributed by atoms with Crippen molar-refractivity contribution in [3.05, 3.63) is 67.7 Å². The summed E-state index contributed by atoms with van der Waals surface area (Å²) in [5.74, 6) is -6.12. The van der Waals surface area contributed by atoms with Gasteiger partial charge in [0.2, 0.25) is 0 Å². The van der Waals surface area contributed by atoms with E-state index in [1.165, 1.54) is 18.2 Å². The van der Waals surface area contributed by atoms with Gasteiger partial charge in [0.1, 0.15) is 0 Å². The summed E-state index contributed by atoms with van der Waals surface area (Å²) in [7, 11) is 0. The van der Waals surface area contributed by atoms with Crippen molar-refractivity contribution in [1.29, 1.82) is 0 Å². The van der Waals surface area contributed by atoms with E-state index in [-0.39, 0.29) is 21.3 Å². The van der Waals surface area contributed by atoms with Crippen LogP contribution in [0.15, 0.2) is 36.4 Å². The van der Waals surface area contributed by atoms with Gasteiger partial charge in [-0.15, -0.1) is 0 Å². The van der Waals surface area contributed by atoms with Gasteiger partial charge in [0.25, 0.3) is 17.5 Å². The zero-order valence-corrected chi connectivity index (χ0v) is 15.1. The van der Waals surface area contributed by atoms with E-state index in [0.29, 0.717) is 6.92 Å². The second-order valence-electron chi connectivity index (χ2n) is 5.44. The molecular formula is C16H14Cl2F4N2O2. The molecule has 0 spiro atoms. The summed E-state index contributed by atoms with van der Waals surface area (Å²) in [6.45, 7) is 1.42. The molecule has 2 N–H and O–H groups in total. The fraction of sp³-hybridized carbons (Fsp3) is 0.250. The van der Waals surface area contributed by atoms with Crippen molar-refractivity contribution >= 4 is 34.6 Å². The number of nitro groups is 1. The molecule has 26 heavy (non-hydrogen) atoms. The van der Waals surface area contributed by atoms with Crippen molar-refractivity contribution in [2.24, 2.45) is 0 Å². The molecule has 0 heterocycles. The Bertz CT molecular complexity index is 806. The summed E-state index contributed by atoms with van der Waals surface area (Å²) in [4.78, 5) is 9.56. The summed E-state index contributed by atoms with van der Waals surface area (Å²) < 4.78 is 51.2. The minimum atomic E-state index is -3.18. The maximum atomic E-state index is 12.9. The van der Waals surface area contributed by atoms with Crippen molar-refractivity contribution < 1.29 is 22.5 Å². The summed E-state index contributed by atoms with van der Waals surface area (Å²) >= 11 is 11.0. The molecule has 0 aliphatic carbocycles. The molecule has 2 aromatic rings. The molecule has 0 saturated carbocycles. The van der Waals surface area contributed by atoms with Crippen LogP contribution in [0.25, 0.3) is 0 Å². The zero-order valence-electron chi connectivity index (χ0n) is 13.6. The first-order chi connectivity index (χ1) is 11.7. The van der Waals surface area contributed by atoms with Crippen molar-refractivity contribution in [3.63, 3.8) is 0 Å². The second-order valence-corrected chi connectivity index (χ2v) is 6.25. The predicted molar refractivity (Wildman–Crippen MR) is 93.1 cm³/mol. The topological polar surface area (TPSA) is 69.2 Å². The predicted octanol–water partition coefficient (Wildman–Crippen LogP) is 6.39. The third-order valence-corrected chi connectivity index (χ3v) is 3.76. The molecule has 2 aromatic carbocycles. The van der Waals surface area contributed by atoms with Gasteiger partial charge in [-0.3, -0.25) is 10.1 Å². The normalized spacial score (nSPS) is 11.5. The van der Waals surface area contributed by atoms with Crippen molar-refractivity contribution in [2.45, 2.75) is 25.7 Å². The van der Waals surface area contributed by atoms with Gasteiger partial charge in [-0.1, -0.05) is 23.2 Å². The van der Waals surface area contributed by atoms with Gasteiger partial charge in [0.15, 0.2) is 0 Å². The first-order valence-corrected chi connectivity index (χ1v) is 7.74. The third-order valence-electron chi connectivity index (χ3n) is 3.10. The Hall–Kier alpha value is -2.06. The van der Waals surface area contributed by atoms with Crippen molar-refractivity contribution in [3.8, 4) is 0 Å². The lowest BCUT2D eigenvalue weighted by atomic mass is 10.1. The van der Waals surface area contributed by atoms with Gasteiger partial charge in [0, 0.05) is 47.8 Å². The highest BCUT2D eigenvalue weighted by Crippen LogP contribution is 2.35. The zero-order chi connectivity index (χ0) is 20.3. The Labute approximate surface area is 156 Å². The minimum Gasteiger partial charge on any atom is -0.399 e. The molecule has 0 aromatic heterocycles. The van der Waals surface area contributed by atoms with Crippen LogP contribution in [0.5, 0.6) is 0 Å². The summed E-state index contributed by atoms with van der Waals surface area (Å²) in [5, 5.41) is 10.2. The number of rotatable bonds is 3. The smallest absolute Gasteiger partial charge is 0.272 e. The monoisotopic (exact) mass is 412 g/mol. The number of hydrogen-bond acceptors (Lipinski definition) is 3. The highest BCUT2D eigenvalue weighted by molar-refractivity contribution is 6.31. The number of benzene rings is 2. The van der Waals surface area contributed by atoms with E-state index in [1.807, 2.05) is 0 Å². The Kier molecular flexibility index (Phi) is 6.84. The van der Waals surface area contributed by atoms with Crippen LogP contribution in [0.3, 0.4) is 0 Å². The molecule has 0 aliphatic rings. The lowest BCUT2D eigenvalue weighted by Gasteiger charge is -2.12. The van der Waals surface area contributed by atoms with Crippen LogP contribution in [-0.2, 0) is 11.8 Å². The molecule has 0 unspecified atom stereocenters. The summed E-state index contributed by atoms with van der Waals surface area (Å²) in [5.41, 5.74) is 4.46. The van der Waals surface area contributed by atoms with Crippen molar-refractivity contribution in [1.82, 2.24) is 0 Å². The number of anilines is 1. The minimum absolute atomic E-state index is 0.0386. The molecule has 10 heteroatoms. The molecule has 0 amide bonds. The Balaban J connectivity index is 0.000000263. The number of nitrogens with zero attached hydrogens (tertiary/aromatic N) is 1. The van der Waals surface area contributed by atoms with E-state index in [1.54, 1.807) is 0 Å². The van der Waals surface area contributed by atoms with Crippen LogP contribution >= 0.6 is 23.2 Å². The first kappa shape index (κ1) is 22.0.